The third kappa shape index (κ3) is 2.78. The van der Waals surface area contributed by atoms with Crippen molar-refractivity contribution in [1.29, 1.82) is 0 Å². The van der Waals surface area contributed by atoms with Gasteiger partial charge in [0.15, 0.2) is 11.5 Å². The molecule has 100 valence electrons. The van der Waals surface area contributed by atoms with E-state index in [1.165, 1.54) is 30.4 Å². The van der Waals surface area contributed by atoms with E-state index in [-0.39, 0.29) is 0 Å². The summed E-state index contributed by atoms with van der Waals surface area (Å²) in [6, 6.07) is 4.77. The minimum absolute atomic E-state index is 0.607. The van der Waals surface area contributed by atoms with E-state index < -0.39 is 0 Å². The van der Waals surface area contributed by atoms with E-state index in [1.807, 2.05) is 6.07 Å². The van der Waals surface area contributed by atoms with Gasteiger partial charge >= 0.3 is 0 Å². The van der Waals surface area contributed by atoms with Gasteiger partial charge in [0, 0.05) is 6.04 Å². The van der Waals surface area contributed by atoms with E-state index in [1.54, 1.807) is 14.2 Å². The van der Waals surface area contributed by atoms with E-state index in [0.717, 1.165) is 24.5 Å². The van der Waals surface area contributed by atoms with Crippen molar-refractivity contribution in [2.24, 2.45) is 0 Å². The Kier molecular flexibility index (Phi) is 4.48. The van der Waals surface area contributed by atoms with Crippen molar-refractivity contribution in [1.82, 2.24) is 5.32 Å². The van der Waals surface area contributed by atoms with Crippen LogP contribution in [-0.2, 0) is 6.42 Å². The zero-order valence-electron chi connectivity index (χ0n) is 11.6. The molecule has 1 atom stereocenters. The van der Waals surface area contributed by atoms with Crippen LogP contribution in [0.4, 0.5) is 0 Å². The summed E-state index contributed by atoms with van der Waals surface area (Å²) in [5.41, 5.74) is 2.55. The Bertz CT molecular complexity index is 398. The molecule has 1 fully saturated rings. The number of hydrogen-bond acceptors (Lipinski definition) is 3. The van der Waals surface area contributed by atoms with Gasteiger partial charge in [-0.3, -0.25) is 0 Å². The Labute approximate surface area is 109 Å². The molecule has 3 heteroatoms. The fourth-order valence-corrected chi connectivity index (χ4v) is 2.71. The summed E-state index contributed by atoms with van der Waals surface area (Å²) in [4.78, 5) is 0. The third-order valence-electron chi connectivity index (χ3n) is 3.78. The number of ether oxygens (including phenoxy) is 2. The topological polar surface area (TPSA) is 30.5 Å². The van der Waals surface area contributed by atoms with Gasteiger partial charge < -0.3 is 14.8 Å². The molecule has 1 N–H and O–H groups in total. The first-order valence-electron chi connectivity index (χ1n) is 6.70. The predicted octanol–water partition coefficient (Wildman–Crippen LogP) is 2.70. The molecular weight excluding hydrogens is 226 g/mol. The highest BCUT2D eigenvalue weighted by Gasteiger charge is 2.17. The fourth-order valence-electron chi connectivity index (χ4n) is 2.71. The molecule has 1 aliphatic heterocycles. The fraction of sp³-hybridized carbons (Fsp3) is 0.600. The highest BCUT2D eigenvalue weighted by atomic mass is 16.5. The molecule has 0 amide bonds. The smallest absolute Gasteiger partial charge is 0.163 e. The zero-order valence-corrected chi connectivity index (χ0v) is 11.6. The SMILES string of the molecule is COc1ccc(CC2CCCCN2)c(C)c1OC. The van der Waals surface area contributed by atoms with Crippen molar-refractivity contribution in [2.45, 2.75) is 38.6 Å². The second-order valence-electron chi connectivity index (χ2n) is 4.94. The molecule has 0 spiro atoms. The summed E-state index contributed by atoms with van der Waals surface area (Å²) in [6.07, 6.45) is 4.99. The van der Waals surface area contributed by atoms with Gasteiger partial charge in [0.05, 0.1) is 14.2 Å². The van der Waals surface area contributed by atoms with Gasteiger partial charge in [0.25, 0.3) is 0 Å². The van der Waals surface area contributed by atoms with Crippen LogP contribution in [0.2, 0.25) is 0 Å². The molecule has 1 heterocycles. The summed E-state index contributed by atoms with van der Waals surface area (Å²) in [6.45, 7) is 3.26. The summed E-state index contributed by atoms with van der Waals surface area (Å²) in [7, 11) is 3.38. The first-order chi connectivity index (χ1) is 8.76. The van der Waals surface area contributed by atoms with Crippen molar-refractivity contribution in [3.8, 4) is 11.5 Å². The lowest BCUT2D eigenvalue weighted by atomic mass is 9.95. The monoisotopic (exact) mass is 249 g/mol. The van der Waals surface area contributed by atoms with Crippen LogP contribution in [0.1, 0.15) is 30.4 Å². The number of piperidine rings is 1. The van der Waals surface area contributed by atoms with Gasteiger partial charge in [-0.15, -0.1) is 0 Å². The van der Waals surface area contributed by atoms with Crippen LogP contribution in [0, 0.1) is 6.92 Å². The molecule has 1 unspecified atom stereocenters. The Morgan fingerprint density at radius 2 is 2.06 bits per heavy atom. The summed E-state index contributed by atoms with van der Waals surface area (Å²) < 4.78 is 10.8. The average Bonchev–Trinajstić information content (AvgIpc) is 2.42. The van der Waals surface area contributed by atoms with E-state index in [0.29, 0.717) is 6.04 Å². The van der Waals surface area contributed by atoms with Crippen LogP contribution in [0.3, 0.4) is 0 Å². The van der Waals surface area contributed by atoms with Gasteiger partial charge in [0.1, 0.15) is 0 Å². The molecule has 0 aromatic heterocycles. The zero-order chi connectivity index (χ0) is 13.0. The van der Waals surface area contributed by atoms with Gasteiger partial charge in [-0.1, -0.05) is 12.5 Å². The minimum atomic E-state index is 0.607. The summed E-state index contributed by atoms with van der Waals surface area (Å²) in [5, 5.41) is 3.59. The molecule has 1 saturated heterocycles. The second kappa shape index (κ2) is 6.10. The molecule has 0 radical (unpaired) electrons. The van der Waals surface area contributed by atoms with Crippen LogP contribution in [0.25, 0.3) is 0 Å². The van der Waals surface area contributed by atoms with Crippen molar-refractivity contribution < 1.29 is 9.47 Å². The van der Waals surface area contributed by atoms with Crippen LogP contribution in [0.5, 0.6) is 11.5 Å². The van der Waals surface area contributed by atoms with Crippen molar-refractivity contribution in [2.75, 3.05) is 20.8 Å². The van der Waals surface area contributed by atoms with Gasteiger partial charge in [-0.2, -0.15) is 0 Å². The van der Waals surface area contributed by atoms with Crippen molar-refractivity contribution >= 4 is 0 Å². The summed E-state index contributed by atoms with van der Waals surface area (Å²) in [5.74, 6) is 1.68. The predicted molar refractivity (Wildman–Crippen MR) is 73.6 cm³/mol. The van der Waals surface area contributed by atoms with E-state index in [9.17, 15) is 0 Å². The number of rotatable bonds is 4. The standard InChI is InChI=1S/C15H23NO2/c1-11-12(10-13-6-4-5-9-16-13)7-8-14(17-2)15(11)18-3/h7-8,13,16H,4-6,9-10H2,1-3H3. The number of benzene rings is 1. The highest BCUT2D eigenvalue weighted by molar-refractivity contribution is 5.50. The number of hydrogen-bond donors (Lipinski definition) is 1. The van der Waals surface area contributed by atoms with Crippen LogP contribution >= 0.6 is 0 Å². The van der Waals surface area contributed by atoms with E-state index >= 15 is 0 Å². The van der Waals surface area contributed by atoms with Crippen LogP contribution in [0.15, 0.2) is 12.1 Å². The van der Waals surface area contributed by atoms with Crippen molar-refractivity contribution in [3.05, 3.63) is 23.3 Å². The van der Waals surface area contributed by atoms with E-state index in [2.05, 4.69) is 18.3 Å². The first-order valence-corrected chi connectivity index (χ1v) is 6.70. The lowest BCUT2D eigenvalue weighted by Gasteiger charge is -2.24. The lowest BCUT2D eigenvalue weighted by Crippen LogP contribution is -2.35. The molecular formula is C15H23NO2. The number of methoxy groups -OCH3 is 2. The van der Waals surface area contributed by atoms with Gasteiger partial charge in [0.2, 0.25) is 0 Å². The van der Waals surface area contributed by atoms with Crippen LogP contribution < -0.4 is 14.8 Å². The maximum absolute atomic E-state index is 5.45. The first kappa shape index (κ1) is 13.2. The Morgan fingerprint density at radius 3 is 2.67 bits per heavy atom. The molecule has 0 bridgehead atoms. The third-order valence-corrected chi connectivity index (χ3v) is 3.78. The molecule has 2 rings (SSSR count). The minimum Gasteiger partial charge on any atom is -0.493 e. The molecule has 0 saturated carbocycles. The molecule has 1 aromatic carbocycles. The molecule has 1 aliphatic rings. The molecule has 3 nitrogen and oxygen atoms in total. The summed E-state index contributed by atoms with van der Waals surface area (Å²) >= 11 is 0. The highest BCUT2D eigenvalue weighted by Crippen LogP contribution is 2.33. The quantitative estimate of drug-likeness (QED) is 0.890. The second-order valence-corrected chi connectivity index (χ2v) is 4.94. The average molecular weight is 249 g/mol. The van der Waals surface area contributed by atoms with Crippen LogP contribution in [-0.4, -0.2) is 26.8 Å². The van der Waals surface area contributed by atoms with Crippen molar-refractivity contribution in [3.63, 3.8) is 0 Å². The van der Waals surface area contributed by atoms with E-state index in [4.69, 9.17) is 9.47 Å². The molecule has 0 aliphatic carbocycles. The Balaban J connectivity index is 2.17. The Hall–Kier alpha value is -1.22. The normalized spacial score (nSPS) is 19.6. The Morgan fingerprint density at radius 1 is 1.22 bits per heavy atom. The molecule has 1 aromatic rings. The molecule has 18 heavy (non-hydrogen) atoms. The van der Waals surface area contributed by atoms with Gasteiger partial charge in [-0.25, -0.2) is 0 Å². The van der Waals surface area contributed by atoms with Gasteiger partial charge in [-0.05, 0) is 49.9 Å². The maximum Gasteiger partial charge on any atom is 0.163 e. The number of nitrogens with one attached hydrogen (secondary N) is 1. The maximum atomic E-state index is 5.45. The lowest BCUT2D eigenvalue weighted by molar-refractivity contribution is 0.351. The largest absolute Gasteiger partial charge is 0.493 e.